The smallest absolute Gasteiger partial charge is 0.223 e. The molecular formula is C24H27NO6S. The van der Waals surface area contributed by atoms with Crippen molar-refractivity contribution < 1.29 is 30.3 Å². The fraction of sp³-hybridized carbons (Fsp3) is 0.458. The van der Waals surface area contributed by atoms with E-state index in [1.165, 1.54) is 30.2 Å². The van der Waals surface area contributed by atoms with E-state index in [4.69, 9.17) is 4.74 Å². The Morgan fingerprint density at radius 2 is 1.81 bits per heavy atom. The number of nitriles is 1. The molecule has 1 saturated heterocycles. The Morgan fingerprint density at radius 1 is 1.12 bits per heavy atom. The van der Waals surface area contributed by atoms with Crippen LogP contribution in [0.25, 0.3) is 0 Å². The summed E-state index contributed by atoms with van der Waals surface area (Å²) in [7, 11) is 0. The first-order valence-electron chi connectivity index (χ1n) is 10.6. The van der Waals surface area contributed by atoms with Crippen molar-refractivity contribution in [3.8, 4) is 6.07 Å². The minimum Gasteiger partial charge on any atom is -0.394 e. The van der Waals surface area contributed by atoms with Crippen molar-refractivity contribution in [2.24, 2.45) is 0 Å². The topological polar surface area (TPSA) is 134 Å². The molecule has 5 atom stereocenters. The summed E-state index contributed by atoms with van der Waals surface area (Å²) in [6.45, 7) is -0.654. The summed E-state index contributed by atoms with van der Waals surface area (Å²) in [4.78, 5) is 0.483. The van der Waals surface area contributed by atoms with Crippen molar-refractivity contribution in [3.63, 3.8) is 0 Å². The van der Waals surface area contributed by atoms with Gasteiger partial charge in [-0.1, -0.05) is 24.3 Å². The highest BCUT2D eigenvalue weighted by Crippen LogP contribution is 2.42. The van der Waals surface area contributed by atoms with Crippen molar-refractivity contribution in [2.45, 2.75) is 60.3 Å². The zero-order chi connectivity index (χ0) is 23.0. The number of benzene rings is 2. The van der Waals surface area contributed by atoms with E-state index in [2.05, 4.69) is 18.2 Å². The van der Waals surface area contributed by atoms with Crippen LogP contribution >= 0.6 is 11.8 Å². The highest BCUT2D eigenvalue weighted by atomic mass is 32.2. The third-order valence-electron chi connectivity index (χ3n) is 6.32. The molecule has 2 aromatic carbocycles. The lowest BCUT2D eigenvalue weighted by Gasteiger charge is -2.46. The summed E-state index contributed by atoms with van der Waals surface area (Å²) in [6.07, 6.45) is -1.82. The molecule has 2 aliphatic rings. The number of ether oxygens (including phenoxy) is 1. The standard InChI is InChI=1S/C24H27NO6S/c1-32-20-10-17(11-25)16(8-13-2-4-14(5-3-13)15-6-7-15)9-18(20)24(30)23(29)22(28)21(27)19(12-26)31-24/h2-5,9-10,15,19,21-23,26-30H,6-8,12H2,1H3/t19-,21-,22+,23-,24+/m1/s1. The van der Waals surface area contributed by atoms with E-state index in [0.717, 1.165) is 5.56 Å². The predicted octanol–water partition coefficient (Wildman–Crippen LogP) is 1.37. The third-order valence-corrected chi connectivity index (χ3v) is 7.10. The van der Waals surface area contributed by atoms with Crippen LogP contribution in [-0.2, 0) is 16.9 Å². The zero-order valence-corrected chi connectivity index (χ0v) is 18.5. The molecule has 0 radical (unpaired) electrons. The minimum atomic E-state index is -2.37. The number of hydrogen-bond donors (Lipinski definition) is 5. The van der Waals surface area contributed by atoms with Gasteiger partial charge in [-0.2, -0.15) is 5.26 Å². The van der Waals surface area contributed by atoms with E-state index in [9.17, 15) is 30.8 Å². The van der Waals surface area contributed by atoms with Gasteiger partial charge in [-0.25, -0.2) is 0 Å². The molecule has 2 fully saturated rings. The van der Waals surface area contributed by atoms with Gasteiger partial charge in [0.05, 0.1) is 18.2 Å². The monoisotopic (exact) mass is 457 g/mol. The number of rotatable bonds is 6. The maximum Gasteiger partial charge on any atom is 0.223 e. The Bertz CT molecular complexity index is 1020. The first-order valence-corrected chi connectivity index (χ1v) is 11.8. The second kappa shape index (κ2) is 9.12. The van der Waals surface area contributed by atoms with Crippen LogP contribution in [0.3, 0.4) is 0 Å². The van der Waals surface area contributed by atoms with Crippen LogP contribution in [0.15, 0.2) is 41.3 Å². The number of aliphatic hydroxyl groups is 5. The van der Waals surface area contributed by atoms with Crippen LogP contribution in [0.2, 0.25) is 0 Å². The molecule has 4 rings (SSSR count). The van der Waals surface area contributed by atoms with Crippen LogP contribution in [0.1, 0.15) is 46.6 Å². The van der Waals surface area contributed by atoms with E-state index >= 15 is 0 Å². The van der Waals surface area contributed by atoms with E-state index in [0.29, 0.717) is 28.4 Å². The van der Waals surface area contributed by atoms with Crippen LogP contribution in [0.5, 0.6) is 0 Å². The van der Waals surface area contributed by atoms with Crippen LogP contribution in [0, 0.1) is 11.3 Å². The molecule has 7 nitrogen and oxygen atoms in total. The van der Waals surface area contributed by atoms with E-state index in [1.54, 1.807) is 18.4 Å². The quantitative estimate of drug-likeness (QED) is 0.411. The average molecular weight is 458 g/mol. The highest BCUT2D eigenvalue weighted by molar-refractivity contribution is 7.98. The lowest BCUT2D eigenvalue weighted by molar-refractivity contribution is -0.358. The molecule has 8 heteroatoms. The number of hydrogen-bond acceptors (Lipinski definition) is 8. The van der Waals surface area contributed by atoms with Gasteiger partial charge in [0.2, 0.25) is 5.79 Å². The minimum absolute atomic E-state index is 0.172. The molecular weight excluding hydrogens is 430 g/mol. The zero-order valence-electron chi connectivity index (χ0n) is 17.7. The molecule has 0 spiro atoms. The molecule has 1 saturated carbocycles. The number of thioether (sulfide) groups is 1. The molecule has 0 aromatic heterocycles. The van der Waals surface area contributed by atoms with Gasteiger partial charge in [0.25, 0.3) is 0 Å². The molecule has 1 aliphatic carbocycles. The van der Waals surface area contributed by atoms with E-state index in [1.807, 2.05) is 12.1 Å². The Hall–Kier alpha value is -1.96. The normalized spacial score (nSPS) is 30.2. The molecule has 5 N–H and O–H groups in total. The Balaban J connectivity index is 1.74. The summed E-state index contributed by atoms with van der Waals surface area (Å²) < 4.78 is 5.52. The molecule has 0 amide bonds. The number of aliphatic hydroxyl groups excluding tert-OH is 4. The molecule has 32 heavy (non-hydrogen) atoms. The van der Waals surface area contributed by atoms with Gasteiger partial charge in [-0.3, -0.25) is 0 Å². The fourth-order valence-corrected chi connectivity index (χ4v) is 4.91. The molecule has 1 heterocycles. The third kappa shape index (κ3) is 4.18. The molecule has 0 unspecified atom stereocenters. The van der Waals surface area contributed by atoms with Gasteiger partial charge in [0, 0.05) is 10.5 Å². The SMILES string of the molecule is CSc1cc(C#N)c(Cc2ccc(C3CC3)cc2)cc1[C@]1(O)O[C@H](CO)[C@@H](O)[C@H](O)[C@H]1O. The van der Waals surface area contributed by atoms with Gasteiger partial charge in [-0.15, -0.1) is 11.8 Å². The Labute approximate surface area is 190 Å². The molecule has 170 valence electrons. The maximum atomic E-state index is 11.3. The van der Waals surface area contributed by atoms with Crippen LogP contribution in [0.4, 0.5) is 0 Å². The van der Waals surface area contributed by atoms with Crippen molar-refractivity contribution in [3.05, 3.63) is 64.2 Å². The first-order chi connectivity index (χ1) is 15.3. The van der Waals surface area contributed by atoms with Gasteiger partial charge < -0.3 is 30.3 Å². The van der Waals surface area contributed by atoms with Crippen molar-refractivity contribution in [1.82, 2.24) is 0 Å². The van der Waals surface area contributed by atoms with Gasteiger partial charge >= 0.3 is 0 Å². The Kier molecular flexibility index (Phi) is 6.61. The van der Waals surface area contributed by atoms with Crippen molar-refractivity contribution in [2.75, 3.05) is 12.9 Å². The van der Waals surface area contributed by atoms with E-state index in [-0.39, 0.29) is 5.56 Å². The largest absolute Gasteiger partial charge is 0.394 e. The van der Waals surface area contributed by atoms with Crippen molar-refractivity contribution in [1.29, 1.82) is 5.26 Å². The summed E-state index contributed by atoms with van der Waals surface area (Å²) in [6, 6.07) is 13.7. The summed E-state index contributed by atoms with van der Waals surface area (Å²) in [5.74, 6) is -1.73. The maximum absolute atomic E-state index is 11.3. The lowest BCUT2D eigenvalue weighted by atomic mass is 9.86. The van der Waals surface area contributed by atoms with Crippen LogP contribution < -0.4 is 0 Å². The molecule has 0 bridgehead atoms. The average Bonchev–Trinajstić information content (AvgIpc) is 3.66. The highest BCUT2D eigenvalue weighted by Gasteiger charge is 2.54. The number of nitrogens with zero attached hydrogens (tertiary/aromatic N) is 1. The predicted molar refractivity (Wildman–Crippen MR) is 118 cm³/mol. The van der Waals surface area contributed by atoms with Gasteiger partial charge in [0.1, 0.15) is 24.4 Å². The first kappa shape index (κ1) is 23.2. The van der Waals surface area contributed by atoms with Crippen LogP contribution in [-0.4, -0.2) is 62.8 Å². The summed E-state index contributed by atoms with van der Waals surface area (Å²) in [5.41, 5.74) is 3.53. The molecule has 1 aliphatic heterocycles. The van der Waals surface area contributed by atoms with Crippen molar-refractivity contribution >= 4 is 11.8 Å². The summed E-state index contributed by atoms with van der Waals surface area (Å²) >= 11 is 1.25. The second-order valence-electron chi connectivity index (χ2n) is 8.48. The van der Waals surface area contributed by atoms with Gasteiger partial charge in [-0.05, 0) is 60.3 Å². The Morgan fingerprint density at radius 3 is 2.38 bits per heavy atom. The second-order valence-corrected chi connectivity index (χ2v) is 9.32. The molecule has 2 aromatic rings. The fourth-order valence-electron chi connectivity index (χ4n) is 4.24. The summed E-state index contributed by atoms with van der Waals surface area (Å²) in [5, 5.41) is 61.5. The lowest BCUT2D eigenvalue weighted by Crippen LogP contribution is -2.63. The van der Waals surface area contributed by atoms with Gasteiger partial charge in [0.15, 0.2) is 0 Å². The van der Waals surface area contributed by atoms with E-state index < -0.39 is 36.8 Å².